The SMILES string of the molecule is O=C(CCC(=O)c1cccs1)NCc1ccc(Cl)cc1Cl. The Morgan fingerprint density at radius 1 is 1.14 bits per heavy atom. The minimum absolute atomic E-state index is 0.00956. The topological polar surface area (TPSA) is 46.2 Å². The summed E-state index contributed by atoms with van der Waals surface area (Å²) in [5.41, 5.74) is 0.791. The van der Waals surface area contributed by atoms with E-state index < -0.39 is 0 Å². The van der Waals surface area contributed by atoms with Crippen molar-refractivity contribution >= 4 is 46.2 Å². The van der Waals surface area contributed by atoms with Gasteiger partial charge in [0.25, 0.3) is 0 Å². The highest BCUT2D eigenvalue weighted by atomic mass is 35.5. The lowest BCUT2D eigenvalue weighted by Gasteiger charge is -2.07. The van der Waals surface area contributed by atoms with Gasteiger partial charge in [0.05, 0.1) is 4.88 Å². The fourth-order valence-electron chi connectivity index (χ4n) is 1.73. The zero-order valence-electron chi connectivity index (χ0n) is 11.1. The summed E-state index contributed by atoms with van der Waals surface area (Å²) in [6.45, 7) is 0.321. The van der Waals surface area contributed by atoms with Crippen LogP contribution in [0.25, 0.3) is 0 Å². The van der Waals surface area contributed by atoms with Crippen LogP contribution in [0.1, 0.15) is 28.1 Å². The number of hydrogen-bond acceptors (Lipinski definition) is 3. The molecule has 0 spiro atoms. The average Bonchev–Trinajstić information content (AvgIpc) is 2.98. The van der Waals surface area contributed by atoms with Crippen LogP contribution < -0.4 is 5.32 Å². The second kappa shape index (κ2) is 7.59. The number of rotatable bonds is 6. The van der Waals surface area contributed by atoms with Crippen molar-refractivity contribution in [1.29, 1.82) is 0 Å². The maximum absolute atomic E-state index is 11.8. The van der Waals surface area contributed by atoms with Crippen molar-refractivity contribution in [3.8, 4) is 0 Å². The molecule has 0 unspecified atom stereocenters. The molecule has 1 aromatic carbocycles. The first-order valence-electron chi connectivity index (χ1n) is 6.33. The molecule has 2 rings (SSSR count). The molecule has 21 heavy (non-hydrogen) atoms. The molecule has 2 aromatic rings. The van der Waals surface area contributed by atoms with Crippen LogP contribution in [0.2, 0.25) is 10.0 Å². The number of ketones is 1. The lowest BCUT2D eigenvalue weighted by molar-refractivity contribution is -0.121. The van der Waals surface area contributed by atoms with Crippen LogP contribution >= 0.6 is 34.5 Å². The molecule has 1 aromatic heterocycles. The van der Waals surface area contributed by atoms with E-state index in [0.29, 0.717) is 21.5 Å². The molecule has 3 nitrogen and oxygen atoms in total. The number of carbonyl (C=O) groups excluding carboxylic acids is 2. The van der Waals surface area contributed by atoms with Crippen LogP contribution in [-0.2, 0) is 11.3 Å². The summed E-state index contributed by atoms with van der Waals surface area (Å²) in [6.07, 6.45) is 0.378. The highest BCUT2D eigenvalue weighted by Gasteiger charge is 2.10. The van der Waals surface area contributed by atoms with Crippen molar-refractivity contribution in [1.82, 2.24) is 5.32 Å². The Labute approximate surface area is 136 Å². The van der Waals surface area contributed by atoms with Gasteiger partial charge < -0.3 is 5.32 Å². The third-order valence-corrected chi connectivity index (χ3v) is 4.36. The molecular formula is C15H13Cl2NO2S. The summed E-state index contributed by atoms with van der Waals surface area (Å²) < 4.78 is 0. The summed E-state index contributed by atoms with van der Waals surface area (Å²) in [6, 6.07) is 8.70. The average molecular weight is 342 g/mol. The molecule has 0 fully saturated rings. The van der Waals surface area contributed by atoms with Crippen molar-refractivity contribution in [2.45, 2.75) is 19.4 Å². The zero-order valence-corrected chi connectivity index (χ0v) is 13.4. The molecule has 1 amide bonds. The quantitative estimate of drug-likeness (QED) is 0.794. The lowest BCUT2D eigenvalue weighted by Crippen LogP contribution is -2.23. The van der Waals surface area contributed by atoms with Gasteiger partial charge in [-0.2, -0.15) is 0 Å². The van der Waals surface area contributed by atoms with Gasteiger partial charge in [-0.15, -0.1) is 11.3 Å². The first kappa shape index (κ1) is 16.0. The first-order chi connectivity index (χ1) is 10.1. The van der Waals surface area contributed by atoms with Crippen molar-refractivity contribution in [2.24, 2.45) is 0 Å². The van der Waals surface area contributed by atoms with E-state index in [4.69, 9.17) is 23.2 Å². The van der Waals surface area contributed by atoms with Crippen molar-refractivity contribution in [3.05, 3.63) is 56.2 Å². The molecule has 0 saturated carbocycles. The smallest absolute Gasteiger partial charge is 0.220 e. The second-order valence-corrected chi connectivity index (χ2v) is 6.20. The van der Waals surface area contributed by atoms with Crippen molar-refractivity contribution in [3.63, 3.8) is 0 Å². The van der Waals surface area contributed by atoms with Crippen LogP contribution in [0.4, 0.5) is 0 Å². The third-order valence-electron chi connectivity index (χ3n) is 2.87. The molecular weight excluding hydrogens is 329 g/mol. The first-order valence-corrected chi connectivity index (χ1v) is 7.97. The number of Topliss-reactive ketones (excluding diaryl/α,β-unsaturated/α-hetero) is 1. The van der Waals surface area contributed by atoms with Crippen LogP contribution in [0.15, 0.2) is 35.7 Å². The minimum atomic E-state index is -0.175. The molecule has 0 aliphatic rings. The molecule has 0 radical (unpaired) electrons. The van der Waals surface area contributed by atoms with E-state index >= 15 is 0 Å². The maximum Gasteiger partial charge on any atom is 0.220 e. The van der Waals surface area contributed by atoms with Crippen molar-refractivity contribution in [2.75, 3.05) is 0 Å². The van der Waals surface area contributed by atoms with E-state index in [2.05, 4.69) is 5.32 Å². The van der Waals surface area contributed by atoms with Gasteiger partial charge in [-0.25, -0.2) is 0 Å². The molecule has 0 aliphatic heterocycles. The Kier molecular flexibility index (Phi) is 5.79. The summed E-state index contributed by atoms with van der Waals surface area (Å²) in [5, 5.41) is 5.65. The van der Waals surface area contributed by atoms with Gasteiger partial charge in [0.15, 0.2) is 5.78 Å². The number of carbonyl (C=O) groups is 2. The zero-order chi connectivity index (χ0) is 15.2. The van der Waals surface area contributed by atoms with Crippen LogP contribution in [0.3, 0.4) is 0 Å². The Balaban J connectivity index is 1.78. The number of benzene rings is 1. The van der Waals surface area contributed by atoms with Crippen molar-refractivity contribution < 1.29 is 9.59 Å². The van der Waals surface area contributed by atoms with Gasteiger partial charge in [0.2, 0.25) is 5.91 Å². The summed E-state index contributed by atoms with van der Waals surface area (Å²) in [4.78, 5) is 24.2. The second-order valence-electron chi connectivity index (χ2n) is 4.41. The summed E-state index contributed by atoms with van der Waals surface area (Å²) >= 11 is 13.2. The number of thiophene rings is 1. The standard InChI is InChI=1S/C15H13Cl2NO2S/c16-11-4-3-10(12(17)8-11)9-18-15(20)6-5-13(19)14-2-1-7-21-14/h1-4,7-8H,5-6,9H2,(H,18,20). The molecule has 0 atom stereocenters. The van der Waals surface area contributed by atoms with Gasteiger partial charge in [-0.3, -0.25) is 9.59 Å². The van der Waals surface area contributed by atoms with Crippen LogP contribution in [0, 0.1) is 0 Å². The number of nitrogens with one attached hydrogen (secondary N) is 1. The predicted molar refractivity (Wildman–Crippen MR) is 86.2 cm³/mol. The predicted octanol–water partition coefficient (Wildman–Crippen LogP) is 4.33. The summed E-state index contributed by atoms with van der Waals surface area (Å²) in [5.74, 6) is -0.185. The van der Waals surface area contributed by atoms with Gasteiger partial charge in [-0.05, 0) is 29.1 Å². The Morgan fingerprint density at radius 3 is 2.62 bits per heavy atom. The number of hydrogen-bond donors (Lipinski definition) is 1. The highest BCUT2D eigenvalue weighted by Crippen LogP contribution is 2.20. The molecule has 1 N–H and O–H groups in total. The minimum Gasteiger partial charge on any atom is -0.352 e. The largest absolute Gasteiger partial charge is 0.352 e. The molecule has 6 heteroatoms. The molecule has 1 heterocycles. The molecule has 0 bridgehead atoms. The number of amides is 1. The van der Waals surface area contributed by atoms with E-state index in [1.54, 1.807) is 24.3 Å². The van der Waals surface area contributed by atoms with E-state index in [1.807, 2.05) is 11.4 Å². The Bertz CT molecular complexity index is 641. The van der Waals surface area contributed by atoms with Gasteiger partial charge >= 0.3 is 0 Å². The normalized spacial score (nSPS) is 10.4. The van der Waals surface area contributed by atoms with E-state index in [0.717, 1.165) is 5.56 Å². The number of halogens is 2. The van der Waals surface area contributed by atoms with Gasteiger partial charge in [0, 0.05) is 29.4 Å². The van der Waals surface area contributed by atoms with Crippen LogP contribution in [-0.4, -0.2) is 11.7 Å². The Hall–Kier alpha value is -1.36. The van der Waals surface area contributed by atoms with E-state index in [-0.39, 0.29) is 24.5 Å². The van der Waals surface area contributed by atoms with E-state index in [9.17, 15) is 9.59 Å². The molecule has 110 valence electrons. The summed E-state index contributed by atoms with van der Waals surface area (Å²) in [7, 11) is 0. The van der Waals surface area contributed by atoms with Gasteiger partial charge in [0.1, 0.15) is 0 Å². The molecule has 0 saturated heterocycles. The fraction of sp³-hybridized carbons (Fsp3) is 0.200. The van der Waals surface area contributed by atoms with E-state index in [1.165, 1.54) is 11.3 Å². The van der Waals surface area contributed by atoms with Gasteiger partial charge in [-0.1, -0.05) is 35.3 Å². The maximum atomic E-state index is 11.8. The lowest BCUT2D eigenvalue weighted by atomic mass is 10.2. The fourth-order valence-corrected chi connectivity index (χ4v) is 2.90. The molecule has 0 aliphatic carbocycles. The Morgan fingerprint density at radius 2 is 1.95 bits per heavy atom. The third kappa shape index (κ3) is 4.84. The monoisotopic (exact) mass is 341 g/mol. The van der Waals surface area contributed by atoms with Crippen LogP contribution in [0.5, 0.6) is 0 Å². The highest BCUT2D eigenvalue weighted by molar-refractivity contribution is 7.12.